The van der Waals surface area contributed by atoms with Crippen LogP contribution in [0.15, 0.2) is 34.8 Å². The Morgan fingerprint density at radius 2 is 2.20 bits per heavy atom. The van der Waals surface area contributed by atoms with Gasteiger partial charge in [0, 0.05) is 0 Å². The molecule has 4 nitrogen and oxygen atoms in total. The molecule has 1 aliphatic carbocycles. The number of allylic oxidation sites excluding steroid dienone is 3. The van der Waals surface area contributed by atoms with Gasteiger partial charge in [-0.25, -0.2) is 0 Å². The molecule has 164 valence electrons. The third kappa shape index (κ3) is 7.91. The van der Waals surface area contributed by atoms with Crippen molar-refractivity contribution in [2.45, 2.75) is 64.1 Å². The maximum absolute atomic E-state index is 10.6. The molecule has 7 heteroatoms. The minimum atomic E-state index is -0.769. The van der Waals surface area contributed by atoms with E-state index in [1.165, 1.54) is 9.75 Å². The van der Waals surface area contributed by atoms with Gasteiger partial charge in [0.25, 0.3) is 0 Å². The van der Waals surface area contributed by atoms with Crippen LogP contribution in [0.3, 0.4) is 0 Å². The van der Waals surface area contributed by atoms with Crippen LogP contribution in [0.1, 0.15) is 48.3 Å². The molecular formula is C23H32BBrO4S. The second kappa shape index (κ2) is 12.7. The van der Waals surface area contributed by atoms with Crippen LogP contribution in [0, 0.1) is 24.7 Å². The number of hydrogen-bond donors (Lipinski definition) is 3. The van der Waals surface area contributed by atoms with E-state index in [-0.39, 0.29) is 24.2 Å². The van der Waals surface area contributed by atoms with E-state index in [0.717, 1.165) is 23.7 Å². The van der Waals surface area contributed by atoms with Gasteiger partial charge in [0.2, 0.25) is 0 Å². The number of thiophene rings is 1. The molecule has 1 aliphatic rings. The van der Waals surface area contributed by atoms with Crippen molar-refractivity contribution in [1.82, 2.24) is 0 Å². The van der Waals surface area contributed by atoms with Crippen LogP contribution in [0.5, 0.6) is 0 Å². The van der Waals surface area contributed by atoms with Crippen LogP contribution >= 0.6 is 27.3 Å². The number of hydrogen-bond acceptors (Lipinski definition) is 4. The molecule has 2 rings (SSSR count). The van der Waals surface area contributed by atoms with Gasteiger partial charge in [-0.05, 0) is 0 Å². The van der Waals surface area contributed by atoms with Crippen molar-refractivity contribution in [3.8, 4) is 0 Å². The molecule has 0 aromatic carbocycles. The second-order valence-electron chi connectivity index (χ2n) is 8.04. The van der Waals surface area contributed by atoms with Crippen LogP contribution in [-0.2, 0) is 11.2 Å². The molecule has 0 saturated heterocycles. The van der Waals surface area contributed by atoms with E-state index in [9.17, 15) is 15.0 Å². The molecule has 1 fully saturated rings. The van der Waals surface area contributed by atoms with Crippen molar-refractivity contribution in [3.05, 3.63) is 44.6 Å². The van der Waals surface area contributed by atoms with E-state index in [4.69, 9.17) is 5.11 Å². The van der Waals surface area contributed by atoms with Crippen LogP contribution in [0.25, 0.3) is 0 Å². The monoisotopic (exact) mass is 494 g/mol. The van der Waals surface area contributed by atoms with Crippen LogP contribution in [0.2, 0.25) is 0 Å². The first kappa shape index (κ1) is 25.2. The molecule has 1 saturated carbocycles. The standard InChI is InChI=1S/C23H32BBrO4S/c1-15-21(25)13-18(30-15)10-8-17(26)9-11-19-16(14-24)12-22(27)20(19)6-4-2-3-5-7-23(28)29/h2,4,9,11,13-14,16-17,19-20,22,24,26-27H,3,5-8,10,12H2,1H3,(H,28,29)/b4-2-,11-9+/t16-,17-,19-,20+,22?/m0/s1. The fourth-order valence-electron chi connectivity index (χ4n) is 4.06. The summed E-state index contributed by atoms with van der Waals surface area (Å²) in [5, 5.41) is 29.6. The number of carboxylic acids is 1. The fraction of sp³-hybridized carbons (Fsp3) is 0.565. The van der Waals surface area contributed by atoms with Crippen LogP contribution < -0.4 is 0 Å². The van der Waals surface area contributed by atoms with Gasteiger partial charge in [-0.1, -0.05) is 0 Å². The molecule has 0 bridgehead atoms. The van der Waals surface area contributed by atoms with E-state index in [1.54, 1.807) is 11.3 Å². The second-order valence-corrected chi connectivity index (χ2v) is 10.2. The summed E-state index contributed by atoms with van der Waals surface area (Å²) >= 11 is 5.29. The summed E-state index contributed by atoms with van der Waals surface area (Å²) in [7, 11) is 3.93. The summed E-state index contributed by atoms with van der Waals surface area (Å²) < 4.78 is 1.13. The summed E-state index contributed by atoms with van der Waals surface area (Å²) in [6, 6.07) is 2.12. The molecule has 3 N–H and O–H groups in total. The van der Waals surface area contributed by atoms with Gasteiger partial charge in [-0.3, -0.25) is 0 Å². The fourth-order valence-corrected chi connectivity index (χ4v) is 5.68. The topological polar surface area (TPSA) is 77.8 Å². The quantitative estimate of drug-likeness (QED) is 0.231. The molecule has 1 heterocycles. The summed E-state index contributed by atoms with van der Waals surface area (Å²) in [5.41, 5.74) is 0. The molecule has 30 heavy (non-hydrogen) atoms. The first-order valence-corrected chi connectivity index (χ1v) is 12.2. The Morgan fingerprint density at radius 1 is 1.43 bits per heavy atom. The number of rotatable bonds is 12. The van der Waals surface area contributed by atoms with Crippen molar-refractivity contribution in [1.29, 1.82) is 0 Å². The number of unbranched alkanes of at least 4 members (excludes halogenated alkanes) is 1. The minimum absolute atomic E-state index is 0.0862. The van der Waals surface area contributed by atoms with E-state index in [0.29, 0.717) is 19.3 Å². The Balaban J connectivity index is 1.89. The molecule has 0 radical (unpaired) electrons. The molecule has 5 atom stereocenters. The number of aliphatic hydroxyl groups is 2. The normalized spacial score (nSPS) is 25.3. The number of aliphatic carboxylic acids is 1. The third-order valence-electron chi connectivity index (χ3n) is 5.79. The van der Waals surface area contributed by atoms with Gasteiger partial charge < -0.3 is 0 Å². The molecule has 1 aromatic heterocycles. The summed E-state index contributed by atoms with van der Waals surface area (Å²) in [5.74, 6) is 1.57. The van der Waals surface area contributed by atoms with Crippen molar-refractivity contribution in [2.75, 3.05) is 0 Å². The van der Waals surface area contributed by atoms with Gasteiger partial charge in [-0.15, -0.1) is 0 Å². The van der Waals surface area contributed by atoms with Gasteiger partial charge in [0.05, 0.1) is 0 Å². The van der Waals surface area contributed by atoms with Crippen molar-refractivity contribution < 1.29 is 20.1 Å². The van der Waals surface area contributed by atoms with E-state index >= 15 is 0 Å². The third-order valence-corrected chi connectivity index (χ3v) is 7.98. The van der Waals surface area contributed by atoms with Gasteiger partial charge in [0.1, 0.15) is 0 Å². The first-order valence-electron chi connectivity index (χ1n) is 10.6. The van der Waals surface area contributed by atoms with E-state index in [1.807, 2.05) is 18.1 Å². The average Bonchev–Trinajstić information content (AvgIpc) is 3.19. The predicted molar refractivity (Wildman–Crippen MR) is 130 cm³/mol. The first-order chi connectivity index (χ1) is 14.3. The zero-order chi connectivity index (χ0) is 22.1. The zero-order valence-corrected chi connectivity index (χ0v) is 19.9. The van der Waals surface area contributed by atoms with E-state index in [2.05, 4.69) is 48.6 Å². The molecule has 1 aromatic rings. The number of carbonyl (C=O) groups is 1. The Labute approximate surface area is 192 Å². The molecule has 0 spiro atoms. The van der Waals surface area contributed by atoms with Crippen LogP contribution in [-0.4, -0.2) is 47.0 Å². The Bertz CT molecular complexity index is 741. The number of carboxylic acid groups (broad SMARTS) is 1. The SMILES string of the molecule is B=C[C@@H]1CC(O)[C@H](C/C=C\CCCC(=O)O)[C@H]1/C=C/[C@@H](O)CCc1cc(Br)c(C)s1. The predicted octanol–water partition coefficient (Wildman–Crippen LogP) is 4.19. The average molecular weight is 495 g/mol. The number of aryl methyl sites for hydroxylation is 2. The molecule has 0 aliphatic heterocycles. The van der Waals surface area contributed by atoms with E-state index < -0.39 is 18.2 Å². The van der Waals surface area contributed by atoms with Gasteiger partial charge in [0.15, 0.2) is 0 Å². The van der Waals surface area contributed by atoms with Crippen molar-refractivity contribution in [2.24, 2.45) is 17.8 Å². The maximum atomic E-state index is 10.6. The zero-order valence-electron chi connectivity index (χ0n) is 17.5. The summed E-state index contributed by atoms with van der Waals surface area (Å²) in [4.78, 5) is 13.1. The Morgan fingerprint density at radius 3 is 2.83 bits per heavy atom. The summed E-state index contributed by atoms with van der Waals surface area (Å²) in [6.07, 6.45) is 11.6. The summed E-state index contributed by atoms with van der Waals surface area (Å²) in [6.45, 7) is 2.08. The Hall–Kier alpha value is -1.02. The Kier molecular flexibility index (Phi) is 10.7. The molecule has 1 unspecified atom stereocenters. The number of halogens is 1. The number of aliphatic hydroxyl groups excluding tert-OH is 2. The van der Waals surface area contributed by atoms with Gasteiger partial charge in [-0.2, -0.15) is 0 Å². The molecular weight excluding hydrogens is 463 g/mol. The molecule has 0 amide bonds. The van der Waals surface area contributed by atoms with Crippen molar-refractivity contribution in [3.63, 3.8) is 0 Å². The van der Waals surface area contributed by atoms with Crippen LogP contribution in [0.4, 0.5) is 0 Å². The van der Waals surface area contributed by atoms with Gasteiger partial charge >= 0.3 is 193 Å². The van der Waals surface area contributed by atoms with Crippen molar-refractivity contribution >= 4 is 46.7 Å².